The summed E-state index contributed by atoms with van der Waals surface area (Å²) in [6, 6.07) is 16.3. The molecule has 3 heterocycles. The molecule has 0 bridgehead atoms. The molecule has 4 N–H and O–H groups in total. The Kier molecular flexibility index (Phi) is 13.7. The van der Waals surface area contributed by atoms with Crippen LogP contribution in [0, 0.1) is 18.4 Å². The largest absolute Gasteiger partial charge is 0.465 e. The normalized spacial score (nSPS) is 20.3. The van der Waals surface area contributed by atoms with Crippen LogP contribution in [0.5, 0.6) is 5.75 Å². The highest BCUT2D eigenvalue weighted by Gasteiger charge is 2.50. The molecule has 0 saturated carbocycles. The standard InChI is InChI=1S/C37H46FN6O7P/c1-3-5-6-7-8-9-10-17-22-48-35(46)29(23-27-18-13-11-14-19-27)43-52(47,51-28-20-15-12-16-21-28)49-25-37(4-2)30(45)24-31(50-37)44-26-40-32-33(39)41-36(38)42-34(32)44/h2,11-16,18-21,26,29-31,45H,3,5-10,17,22-25H2,1H3,(H,43,47)(H2,39,41,42)/t29-,30-,31+,37+,52-/m0/s1. The first-order chi connectivity index (χ1) is 25.1. The van der Waals surface area contributed by atoms with Crippen molar-refractivity contribution in [2.24, 2.45) is 0 Å². The van der Waals surface area contributed by atoms with Crippen LogP contribution >= 0.6 is 7.75 Å². The molecule has 278 valence electrons. The van der Waals surface area contributed by atoms with Gasteiger partial charge in [0.2, 0.25) is 0 Å². The number of rotatable bonds is 20. The zero-order valence-electron chi connectivity index (χ0n) is 29.2. The van der Waals surface area contributed by atoms with Crippen molar-refractivity contribution in [3.63, 3.8) is 0 Å². The van der Waals surface area contributed by atoms with Gasteiger partial charge in [-0.1, -0.05) is 106 Å². The summed E-state index contributed by atoms with van der Waals surface area (Å²) >= 11 is 0. The second kappa shape index (κ2) is 18.4. The highest BCUT2D eigenvalue weighted by atomic mass is 31.2. The summed E-state index contributed by atoms with van der Waals surface area (Å²) in [6.07, 6.45) is 12.6. The number of para-hydroxylation sites is 1. The smallest absolute Gasteiger partial charge is 0.459 e. The third kappa shape index (κ3) is 10.1. The van der Waals surface area contributed by atoms with Gasteiger partial charge in [-0.3, -0.25) is 13.9 Å². The number of carbonyl (C=O) groups excluding carboxylic acids is 1. The Morgan fingerprint density at radius 1 is 1.12 bits per heavy atom. The number of fused-ring (bicyclic) bond motifs is 1. The van der Waals surface area contributed by atoms with Crippen molar-refractivity contribution >= 4 is 30.7 Å². The first kappa shape index (κ1) is 38.8. The number of aliphatic hydroxyl groups is 1. The molecule has 52 heavy (non-hydrogen) atoms. The Bertz CT molecular complexity index is 1840. The van der Waals surface area contributed by atoms with Crippen LogP contribution in [-0.2, 0) is 29.8 Å². The number of nitrogens with one attached hydrogen (secondary N) is 1. The lowest BCUT2D eigenvalue weighted by Crippen LogP contribution is -2.44. The number of nitrogens with zero attached hydrogens (tertiary/aromatic N) is 4. The van der Waals surface area contributed by atoms with E-state index < -0.39 is 50.4 Å². The minimum absolute atomic E-state index is 0.0323. The van der Waals surface area contributed by atoms with Crippen molar-refractivity contribution in [1.29, 1.82) is 0 Å². The summed E-state index contributed by atoms with van der Waals surface area (Å²) in [4.78, 5) is 25.0. The maximum Gasteiger partial charge on any atom is 0.459 e. The minimum Gasteiger partial charge on any atom is -0.465 e. The molecule has 1 aliphatic heterocycles. The Balaban J connectivity index is 1.32. The van der Waals surface area contributed by atoms with E-state index in [0.29, 0.717) is 6.42 Å². The number of unbranched alkanes of at least 4 members (excludes halogenated alkanes) is 7. The van der Waals surface area contributed by atoms with E-state index in [1.54, 1.807) is 30.3 Å². The fraction of sp³-hybridized carbons (Fsp3) is 0.459. The van der Waals surface area contributed by atoms with Crippen LogP contribution in [0.3, 0.4) is 0 Å². The van der Waals surface area contributed by atoms with Crippen molar-refractivity contribution in [1.82, 2.24) is 24.6 Å². The van der Waals surface area contributed by atoms with Gasteiger partial charge in [-0.2, -0.15) is 19.4 Å². The van der Waals surface area contributed by atoms with Crippen LogP contribution in [0.1, 0.15) is 76.5 Å². The number of imidazole rings is 1. The predicted molar refractivity (Wildman–Crippen MR) is 193 cm³/mol. The molecule has 5 atom stereocenters. The van der Waals surface area contributed by atoms with Gasteiger partial charge in [-0.15, -0.1) is 6.42 Å². The SMILES string of the molecule is C#C[C@]1(CO[P@@](=O)(N[C@@H](Cc2ccccc2)C(=O)OCCCCCCCCCC)Oc2ccccc2)O[C@@H](n2cnc3c(N)nc(F)nc32)C[C@@H]1O. The number of hydrogen-bond donors (Lipinski definition) is 3. The summed E-state index contributed by atoms with van der Waals surface area (Å²) < 4.78 is 53.7. The third-order valence-corrected chi connectivity index (χ3v) is 10.4. The summed E-state index contributed by atoms with van der Waals surface area (Å²) in [5.74, 6) is 1.83. The molecule has 0 unspecified atom stereocenters. The van der Waals surface area contributed by atoms with Crippen molar-refractivity contribution in [2.75, 3.05) is 18.9 Å². The number of nitrogens with two attached hydrogens (primary N) is 1. The molecule has 0 amide bonds. The summed E-state index contributed by atoms with van der Waals surface area (Å²) in [7, 11) is -4.46. The van der Waals surface area contributed by atoms with Gasteiger partial charge in [-0.25, -0.2) is 9.55 Å². The van der Waals surface area contributed by atoms with Crippen LogP contribution in [-0.4, -0.2) is 61.6 Å². The molecule has 0 aliphatic carbocycles. The summed E-state index contributed by atoms with van der Waals surface area (Å²) in [6.45, 7) is 1.77. The van der Waals surface area contributed by atoms with Crippen molar-refractivity contribution in [3.05, 3.63) is 78.6 Å². The lowest BCUT2D eigenvalue weighted by atomic mass is 9.99. The number of ether oxygens (including phenoxy) is 2. The Morgan fingerprint density at radius 3 is 2.48 bits per heavy atom. The van der Waals surface area contributed by atoms with Gasteiger partial charge in [-0.05, 0) is 30.5 Å². The van der Waals surface area contributed by atoms with Gasteiger partial charge in [0, 0.05) is 6.42 Å². The van der Waals surface area contributed by atoms with Crippen molar-refractivity contribution in [2.45, 2.75) is 95.1 Å². The topological polar surface area (TPSA) is 173 Å². The Morgan fingerprint density at radius 2 is 1.79 bits per heavy atom. The lowest BCUT2D eigenvalue weighted by molar-refractivity contribution is -0.146. The first-order valence-corrected chi connectivity index (χ1v) is 19.2. The third-order valence-electron chi connectivity index (χ3n) is 8.83. The average molecular weight is 737 g/mol. The van der Waals surface area contributed by atoms with Gasteiger partial charge in [0.1, 0.15) is 30.7 Å². The van der Waals surface area contributed by atoms with E-state index in [-0.39, 0.29) is 42.2 Å². The molecule has 13 nitrogen and oxygen atoms in total. The molecule has 0 spiro atoms. The monoisotopic (exact) mass is 736 g/mol. The van der Waals surface area contributed by atoms with Crippen molar-refractivity contribution < 1.29 is 37.4 Å². The number of aliphatic hydroxyl groups excluding tert-OH is 1. The molecule has 0 radical (unpaired) electrons. The van der Waals surface area contributed by atoms with E-state index in [4.69, 9.17) is 30.7 Å². The van der Waals surface area contributed by atoms with E-state index in [9.17, 15) is 18.9 Å². The van der Waals surface area contributed by atoms with Gasteiger partial charge >= 0.3 is 19.8 Å². The van der Waals surface area contributed by atoms with Crippen LogP contribution < -0.4 is 15.3 Å². The molecule has 1 aliphatic rings. The summed E-state index contributed by atoms with van der Waals surface area (Å²) in [5, 5.41) is 14.0. The van der Waals surface area contributed by atoms with E-state index in [0.717, 1.165) is 24.8 Å². The quantitative estimate of drug-likeness (QED) is 0.0305. The zero-order valence-corrected chi connectivity index (χ0v) is 30.1. The molecule has 1 saturated heterocycles. The molecule has 2 aromatic carbocycles. The number of anilines is 1. The highest BCUT2D eigenvalue weighted by molar-refractivity contribution is 7.52. The van der Waals surface area contributed by atoms with Gasteiger partial charge in [0.15, 0.2) is 22.6 Å². The van der Waals surface area contributed by atoms with Crippen molar-refractivity contribution in [3.8, 4) is 18.1 Å². The number of nitrogen functional groups attached to an aromatic ring is 1. The first-order valence-electron chi connectivity index (χ1n) is 17.6. The molecule has 1 fully saturated rings. The summed E-state index contributed by atoms with van der Waals surface area (Å²) in [5.41, 5.74) is 4.92. The van der Waals surface area contributed by atoms with E-state index in [2.05, 4.69) is 32.9 Å². The average Bonchev–Trinajstić information content (AvgIpc) is 3.71. The molecule has 2 aromatic heterocycles. The fourth-order valence-corrected chi connectivity index (χ4v) is 7.49. The van der Waals surface area contributed by atoms with Gasteiger partial charge in [0.25, 0.3) is 0 Å². The number of halogens is 1. The second-order valence-electron chi connectivity index (χ2n) is 12.7. The minimum atomic E-state index is -4.46. The van der Waals surface area contributed by atoms with Gasteiger partial charge in [0.05, 0.1) is 12.9 Å². The zero-order chi connectivity index (χ0) is 37.0. The van der Waals surface area contributed by atoms with E-state index in [1.807, 2.05) is 30.3 Å². The van der Waals surface area contributed by atoms with E-state index in [1.165, 1.54) is 36.6 Å². The molecule has 5 rings (SSSR count). The van der Waals surface area contributed by atoms with Crippen LogP contribution in [0.15, 0.2) is 67.0 Å². The van der Waals surface area contributed by atoms with Crippen LogP contribution in [0.4, 0.5) is 10.2 Å². The molecule has 4 aromatic rings. The van der Waals surface area contributed by atoms with E-state index >= 15 is 0 Å². The van der Waals surface area contributed by atoms with Gasteiger partial charge < -0.3 is 24.8 Å². The number of terminal acetylenes is 1. The number of benzene rings is 2. The van der Waals surface area contributed by atoms with Crippen LogP contribution in [0.2, 0.25) is 0 Å². The Hall–Kier alpha value is -4.38. The number of esters is 1. The second-order valence-corrected chi connectivity index (χ2v) is 14.4. The maximum absolute atomic E-state index is 14.6. The highest BCUT2D eigenvalue weighted by Crippen LogP contribution is 2.48. The number of aromatic nitrogens is 4. The Labute approximate surface area is 303 Å². The lowest BCUT2D eigenvalue weighted by Gasteiger charge is -2.30. The number of hydrogen-bond acceptors (Lipinski definition) is 11. The fourth-order valence-electron chi connectivity index (χ4n) is 5.97. The predicted octanol–water partition coefficient (Wildman–Crippen LogP) is 6.29. The molecular weight excluding hydrogens is 690 g/mol. The molecular formula is C37H46FN6O7P. The molecule has 15 heteroatoms. The number of carbonyl (C=O) groups is 1. The van der Waals surface area contributed by atoms with Crippen LogP contribution in [0.25, 0.3) is 11.2 Å². The maximum atomic E-state index is 14.6.